The van der Waals surface area contributed by atoms with E-state index < -0.39 is 0 Å². The molecule has 0 atom stereocenters. The van der Waals surface area contributed by atoms with Gasteiger partial charge in [0.2, 0.25) is 5.78 Å². The molecule has 2 heterocycles. The van der Waals surface area contributed by atoms with Crippen LogP contribution >= 0.6 is 0 Å². The molecule has 16 heavy (non-hydrogen) atoms. The molecule has 3 aromatic rings. The van der Waals surface area contributed by atoms with E-state index in [1.54, 1.807) is 0 Å². The van der Waals surface area contributed by atoms with Crippen LogP contribution in [-0.2, 0) is 0 Å². The fourth-order valence-electron chi connectivity index (χ4n) is 1.73. The van der Waals surface area contributed by atoms with Crippen LogP contribution in [0.5, 0.6) is 0 Å². The van der Waals surface area contributed by atoms with Crippen LogP contribution in [0.3, 0.4) is 0 Å². The van der Waals surface area contributed by atoms with Gasteiger partial charge in [-0.3, -0.25) is 4.40 Å². The maximum atomic E-state index is 4.48. The monoisotopic (exact) mass is 209 g/mol. The van der Waals surface area contributed by atoms with Gasteiger partial charge in [0.25, 0.3) is 0 Å². The second-order valence-corrected chi connectivity index (χ2v) is 3.83. The Morgan fingerprint density at radius 2 is 1.88 bits per heavy atom. The average molecular weight is 209 g/mol. The Morgan fingerprint density at radius 3 is 2.69 bits per heavy atom. The lowest BCUT2D eigenvalue weighted by Gasteiger charge is -1.92. The quantitative estimate of drug-likeness (QED) is 0.616. The Kier molecular flexibility index (Phi) is 1.96. The zero-order valence-electron chi connectivity index (χ0n) is 8.96. The van der Waals surface area contributed by atoms with Crippen LogP contribution in [0, 0.1) is 6.92 Å². The Hall–Kier alpha value is -2.16. The molecule has 0 aliphatic carbocycles. The van der Waals surface area contributed by atoms with Gasteiger partial charge in [-0.15, -0.1) is 0 Å². The number of aromatic nitrogens is 3. The van der Waals surface area contributed by atoms with Crippen LogP contribution in [0.4, 0.5) is 0 Å². The van der Waals surface area contributed by atoms with Gasteiger partial charge in [0.05, 0.1) is 5.69 Å². The minimum atomic E-state index is 0.740. The van der Waals surface area contributed by atoms with E-state index in [-0.39, 0.29) is 0 Å². The third-order valence-corrected chi connectivity index (χ3v) is 2.51. The molecule has 0 radical (unpaired) electrons. The number of nitrogens with zero attached hydrogens (tertiary/aromatic N) is 3. The van der Waals surface area contributed by atoms with Crippen molar-refractivity contribution in [1.82, 2.24) is 14.4 Å². The van der Waals surface area contributed by atoms with Gasteiger partial charge in [-0.2, -0.15) is 0 Å². The topological polar surface area (TPSA) is 30.2 Å². The predicted molar refractivity (Wildman–Crippen MR) is 63.2 cm³/mol. The normalized spacial score (nSPS) is 10.8. The molecule has 0 aliphatic heterocycles. The summed E-state index contributed by atoms with van der Waals surface area (Å²) >= 11 is 0. The largest absolute Gasteiger partial charge is 0.290 e. The fraction of sp³-hybridized carbons (Fsp3) is 0.0769. The van der Waals surface area contributed by atoms with Crippen LogP contribution < -0.4 is 0 Å². The molecule has 0 spiro atoms. The first-order valence-corrected chi connectivity index (χ1v) is 5.20. The predicted octanol–water partition coefficient (Wildman–Crippen LogP) is 2.70. The number of rotatable bonds is 1. The van der Waals surface area contributed by atoms with Crippen molar-refractivity contribution in [1.29, 1.82) is 0 Å². The maximum Gasteiger partial charge on any atom is 0.234 e. The van der Waals surface area contributed by atoms with Crippen molar-refractivity contribution in [2.75, 3.05) is 0 Å². The molecule has 3 nitrogen and oxygen atoms in total. The van der Waals surface area contributed by atoms with Crippen molar-refractivity contribution in [3.8, 4) is 11.3 Å². The van der Waals surface area contributed by atoms with E-state index in [0.29, 0.717) is 0 Å². The van der Waals surface area contributed by atoms with Gasteiger partial charge in [-0.25, -0.2) is 9.97 Å². The second kappa shape index (κ2) is 3.45. The Labute approximate surface area is 93.4 Å². The molecule has 0 saturated heterocycles. The number of hydrogen-bond acceptors (Lipinski definition) is 2. The zero-order chi connectivity index (χ0) is 11.0. The molecule has 0 bridgehead atoms. The van der Waals surface area contributed by atoms with E-state index in [1.165, 1.54) is 0 Å². The minimum Gasteiger partial charge on any atom is -0.290 e. The van der Waals surface area contributed by atoms with Gasteiger partial charge in [0, 0.05) is 24.2 Å². The summed E-state index contributed by atoms with van der Waals surface area (Å²) < 4.78 is 1.96. The number of benzene rings is 1. The summed E-state index contributed by atoms with van der Waals surface area (Å²) in [6, 6.07) is 10.1. The van der Waals surface area contributed by atoms with Gasteiger partial charge >= 0.3 is 0 Å². The highest BCUT2D eigenvalue weighted by Crippen LogP contribution is 2.17. The van der Waals surface area contributed by atoms with Crippen molar-refractivity contribution in [3.63, 3.8) is 0 Å². The van der Waals surface area contributed by atoms with Gasteiger partial charge in [-0.05, 0) is 12.5 Å². The molecule has 3 heteroatoms. The van der Waals surface area contributed by atoms with Crippen LogP contribution in [0.15, 0.2) is 48.9 Å². The number of aryl methyl sites for hydroxylation is 1. The third-order valence-electron chi connectivity index (χ3n) is 2.51. The molecular formula is C13H11N3. The van der Waals surface area contributed by atoms with Gasteiger partial charge in [0.15, 0.2) is 0 Å². The fourth-order valence-corrected chi connectivity index (χ4v) is 1.73. The van der Waals surface area contributed by atoms with Crippen LogP contribution in [0.25, 0.3) is 17.0 Å². The summed E-state index contributed by atoms with van der Waals surface area (Å²) in [5.41, 5.74) is 3.20. The Bertz CT molecular complexity index is 626. The first-order chi connectivity index (χ1) is 7.83. The highest BCUT2D eigenvalue weighted by molar-refractivity contribution is 5.61. The van der Waals surface area contributed by atoms with Crippen LogP contribution in [-0.4, -0.2) is 14.4 Å². The first-order valence-electron chi connectivity index (χ1n) is 5.20. The van der Waals surface area contributed by atoms with Crippen LogP contribution in [0.1, 0.15) is 5.56 Å². The summed E-state index contributed by atoms with van der Waals surface area (Å²) in [7, 11) is 0. The van der Waals surface area contributed by atoms with Gasteiger partial charge in [0.1, 0.15) is 0 Å². The van der Waals surface area contributed by atoms with Crippen molar-refractivity contribution in [2.45, 2.75) is 6.92 Å². The van der Waals surface area contributed by atoms with Crippen molar-refractivity contribution in [3.05, 3.63) is 54.5 Å². The standard InChI is InChI=1S/C13H11N3/c1-10-7-14-13-15-12(9-16(13)8-10)11-5-3-2-4-6-11/h2-9H,1H3. The summed E-state index contributed by atoms with van der Waals surface area (Å²) in [5, 5.41) is 0. The molecule has 0 amide bonds. The number of hydrogen-bond donors (Lipinski definition) is 0. The molecule has 1 aromatic carbocycles. The molecule has 0 unspecified atom stereocenters. The van der Waals surface area contributed by atoms with Crippen molar-refractivity contribution in [2.24, 2.45) is 0 Å². The molecule has 0 aliphatic rings. The highest BCUT2D eigenvalue weighted by atomic mass is 15.1. The molecule has 0 saturated carbocycles. The lowest BCUT2D eigenvalue weighted by Crippen LogP contribution is -1.87. The molecule has 0 fully saturated rings. The average Bonchev–Trinajstić information content (AvgIpc) is 2.73. The summed E-state index contributed by atoms with van der Waals surface area (Å²) in [6.45, 7) is 2.02. The van der Waals surface area contributed by atoms with Gasteiger partial charge < -0.3 is 0 Å². The van der Waals surface area contributed by atoms with Crippen molar-refractivity contribution >= 4 is 5.78 Å². The minimum absolute atomic E-state index is 0.740. The summed E-state index contributed by atoms with van der Waals surface area (Å²) in [4.78, 5) is 8.75. The highest BCUT2D eigenvalue weighted by Gasteiger charge is 2.03. The molecule has 2 aromatic heterocycles. The summed E-state index contributed by atoms with van der Waals surface area (Å²) in [6.07, 6.45) is 5.86. The van der Waals surface area contributed by atoms with Crippen LogP contribution in [0.2, 0.25) is 0 Å². The molecule has 3 rings (SSSR count). The maximum absolute atomic E-state index is 4.48. The number of fused-ring (bicyclic) bond motifs is 1. The third kappa shape index (κ3) is 1.46. The van der Waals surface area contributed by atoms with E-state index in [1.807, 2.05) is 48.1 Å². The summed E-state index contributed by atoms with van der Waals surface area (Å²) in [5.74, 6) is 0.740. The van der Waals surface area contributed by atoms with E-state index in [9.17, 15) is 0 Å². The second-order valence-electron chi connectivity index (χ2n) is 3.83. The Balaban J connectivity index is 2.19. The van der Waals surface area contributed by atoms with E-state index in [4.69, 9.17) is 0 Å². The SMILES string of the molecule is Cc1cnc2nc(-c3ccccc3)cn2c1. The first kappa shape index (κ1) is 9.09. The van der Waals surface area contributed by atoms with Gasteiger partial charge in [-0.1, -0.05) is 30.3 Å². The van der Waals surface area contributed by atoms with E-state index in [0.717, 1.165) is 22.6 Å². The lowest BCUT2D eigenvalue weighted by atomic mass is 10.2. The smallest absolute Gasteiger partial charge is 0.234 e. The zero-order valence-corrected chi connectivity index (χ0v) is 8.96. The molecule has 0 N–H and O–H groups in total. The van der Waals surface area contributed by atoms with Crippen molar-refractivity contribution < 1.29 is 0 Å². The lowest BCUT2D eigenvalue weighted by molar-refractivity contribution is 1.08. The molecular weight excluding hydrogens is 198 g/mol. The van der Waals surface area contributed by atoms with E-state index >= 15 is 0 Å². The molecule has 78 valence electrons. The Morgan fingerprint density at radius 1 is 1.06 bits per heavy atom. The van der Waals surface area contributed by atoms with E-state index in [2.05, 4.69) is 22.1 Å². The number of imidazole rings is 1.